The van der Waals surface area contributed by atoms with Crippen molar-refractivity contribution in [1.29, 1.82) is 0 Å². The number of halogens is 1. The minimum atomic E-state index is 0.208. The minimum absolute atomic E-state index is 0.208. The molecule has 80 valence electrons. The van der Waals surface area contributed by atoms with Crippen LogP contribution in [0.3, 0.4) is 0 Å². The van der Waals surface area contributed by atoms with Crippen molar-refractivity contribution in [3.8, 4) is 0 Å². The molecule has 0 radical (unpaired) electrons. The molecule has 1 aliphatic rings. The van der Waals surface area contributed by atoms with Gasteiger partial charge in [-0.1, -0.05) is 18.5 Å². The van der Waals surface area contributed by atoms with Crippen LogP contribution in [0.15, 0.2) is 18.2 Å². The highest BCUT2D eigenvalue weighted by Crippen LogP contribution is 2.29. The number of fused-ring (bicyclic) bond motifs is 1. The molecule has 15 heavy (non-hydrogen) atoms. The number of hydrogen-bond donors (Lipinski definition) is 0. The normalized spacial score (nSPS) is 15.3. The first kappa shape index (κ1) is 10.5. The van der Waals surface area contributed by atoms with Gasteiger partial charge in [0.2, 0.25) is 0 Å². The molecule has 0 saturated heterocycles. The summed E-state index contributed by atoms with van der Waals surface area (Å²) in [5.74, 6) is 0.208. The summed E-state index contributed by atoms with van der Waals surface area (Å²) in [5.41, 5.74) is 1.82. The summed E-state index contributed by atoms with van der Waals surface area (Å²) in [6, 6.07) is 5.58. The highest BCUT2D eigenvalue weighted by atomic mass is 35.5. The fourth-order valence-electron chi connectivity index (χ4n) is 2.00. The molecule has 1 aromatic carbocycles. The number of benzene rings is 1. The van der Waals surface area contributed by atoms with Gasteiger partial charge in [0.25, 0.3) is 0 Å². The summed E-state index contributed by atoms with van der Waals surface area (Å²) in [5, 5.41) is 0.639. The molecule has 0 atom stereocenters. The summed E-state index contributed by atoms with van der Waals surface area (Å²) in [6.45, 7) is 3.98. The van der Waals surface area contributed by atoms with Crippen LogP contribution >= 0.6 is 11.6 Å². The van der Waals surface area contributed by atoms with Crippen LogP contribution < -0.4 is 4.90 Å². The van der Waals surface area contributed by atoms with Crippen molar-refractivity contribution < 1.29 is 4.79 Å². The Labute approximate surface area is 94.8 Å². The number of ketones is 1. The van der Waals surface area contributed by atoms with Gasteiger partial charge in [0.05, 0.1) is 0 Å². The van der Waals surface area contributed by atoms with Gasteiger partial charge in [-0.05, 0) is 24.6 Å². The highest BCUT2D eigenvalue weighted by molar-refractivity contribution is 6.31. The van der Waals surface area contributed by atoms with Crippen molar-refractivity contribution in [1.82, 2.24) is 0 Å². The molecule has 0 aromatic heterocycles. The van der Waals surface area contributed by atoms with E-state index in [1.807, 2.05) is 12.1 Å². The molecular weight excluding hydrogens is 210 g/mol. The molecular formula is C12H14ClNO. The third-order valence-corrected chi connectivity index (χ3v) is 2.94. The smallest absolute Gasteiger partial charge is 0.166 e. The maximum Gasteiger partial charge on any atom is 0.166 e. The monoisotopic (exact) mass is 223 g/mol. The van der Waals surface area contributed by atoms with Crippen LogP contribution in [0.1, 0.15) is 30.1 Å². The van der Waals surface area contributed by atoms with Crippen molar-refractivity contribution in [2.45, 2.75) is 19.8 Å². The van der Waals surface area contributed by atoms with Gasteiger partial charge < -0.3 is 4.90 Å². The van der Waals surface area contributed by atoms with Crippen molar-refractivity contribution in [2.75, 3.05) is 18.0 Å². The van der Waals surface area contributed by atoms with E-state index in [0.717, 1.165) is 30.8 Å². The lowest BCUT2D eigenvalue weighted by atomic mass is 10.0. The maximum absolute atomic E-state index is 11.7. The van der Waals surface area contributed by atoms with Crippen LogP contribution in [-0.2, 0) is 0 Å². The van der Waals surface area contributed by atoms with Crippen LogP contribution in [0.4, 0.5) is 5.69 Å². The average molecular weight is 224 g/mol. The van der Waals surface area contributed by atoms with Crippen LogP contribution in [0.5, 0.6) is 0 Å². The first-order valence-corrected chi connectivity index (χ1v) is 5.68. The van der Waals surface area contributed by atoms with E-state index in [-0.39, 0.29) is 5.78 Å². The number of rotatable bonds is 2. The van der Waals surface area contributed by atoms with Gasteiger partial charge >= 0.3 is 0 Å². The molecule has 0 N–H and O–H groups in total. The average Bonchev–Trinajstić information content (AvgIpc) is 2.23. The fraction of sp³-hybridized carbons (Fsp3) is 0.417. The van der Waals surface area contributed by atoms with E-state index in [0.29, 0.717) is 11.4 Å². The van der Waals surface area contributed by atoms with Crippen LogP contribution in [0, 0.1) is 0 Å². The van der Waals surface area contributed by atoms with E-state index in [1.165, 1.54) is 0 Å². The van der Waals surface area contributed by atoms with Crippen LogP contribution in [0.25, 0.3) is 0 Å². The number of anilines is 1. The lowest BCUT2D eigenvalue weighted by Crippen LogP contribution is -2.32. The fourth-order valence-corrected chi connectivity index (χ4v) is 2.17. The maximum atomic E-state index is 11.7. The zero-order valence-corrected chi connectivity index (χ0v) is 9.55. The Hall–Kier alpha value is -1.02. The Morgan fingerprint density at radius 1 is 1.47 bits per heavy atom. The second-order valence-electron chi connectivity index (χ2n) is 3.82. The predicted octanol–water partition coefficient (Wildman–Crippen LogP) is 3.14. The zero-order valence-electron chi connectivity index (χ0n) is 8.79. The molecule has 0 bridgehead atoms. The third kappa shape index (κ3) is 2.00. The van der Waals surface area contributed by atoms with Gasteiger partial charge in [0.1, 0.15) is 0 Å². The molecule has 3 heteroatoms. The predicted molar refractivity (Wildman–Crippen MR) is 62.9 cm³/mol. The second-order valence-corrected chi connectivity index (χ2v) is 4.26. The molecule has 0 aliphatic carbocycles. The Kier molecular flexibility index (Phi) is 2.96. The number of carbonyl (C=O) groups excluding carboxylic acids is 1. The minimum Gasteiger partial charge on any atom is -0.371 e. The molecule has 1 aliphatic heterocycles. The van der Waals surface area contributed by atoms with Crippen molar-refractivity contribution in [2.24, 2.45) is 0 Å². The zero-order chi connectivity index (χ0) is 10.8. The molecule has 0 unspecified atom stereocenters. The van der Waals surface area contributed by atoms with Gasteiger partial charge in [-0.2, -0.15) is 0 Å². The molecule has 1 heterocycles. The number of carbonyl (C=O) groups is 1. The second kappa shape index (κ2) is 4.23. The quantitative estimate of drug-likeness (QED) is 0.768. The third-order valence-electron chi connectivity index (χ3n) is 2.70. The standard InChI is InChI=1S/C12H14ClNO/c1-2-6-14-7-5-12(15)10-8-9(13)3-4-11(10)14/h3-4,8H,2,5-7H2,1H3. The Morgan fingerprint density at radius 2 is 2.27 bits per heavy atom. The summed E-state index contributed by atoms with van der Waals surface area (Å²) >= 11 is 5.90. The van der Waals surface area contributed by atoms with Gasteiger partial charge in [0, 0.05) is 35.8 Å². The number of Topliss-reactive ketones (excluding diaryl/α,β-unsaturated/α-hetero) is 1. The van der Waals surface area contributed by atoms with E-state index in [2.05, 4.69) is 11.8 Å². The van der Waals surface area contributed by atoms with Crippen LogP contribution in [-0.4, -0.2) is 18.9 Å². The lowest BCUT2D eigenvalue weighted by molar-refractivity contribution is 0.0980. The Bertz CT molecular complexity index is 389. The number of hydrogen-bond acceptors (Lipinski definition) is 2. The first-order valence-electron chi connectivity index (χ1n) is 5.30. The molecule has 0 amide bonds. The molecule has 2 nitrogen and oxygen atoms in total. The van der Waals surface area contributed by atoms with Gasteiger partial charge in [0.15, 0.2) is 5.78 Å². The van der Waals surface area contributed by atoms with Gasteiger partial charge in [-0.15, -0.1) is 0 Å². The molecule has 1 aromatic rings. The largest absolute Gasteiger partial charge is 0.371 e. The molecule has 2 rings (SSSR count). The van der Waals surface area contributed by atoms with E-state index in [9.17, 15) is 4.79 Å². The van der Waals surface area contributed by atoms with Crippen LogP contribution in [0.2, 0.25) is 5.02 Å². The summed E-state index contributed by atoms with van der Waals surface area (Å²) in [7, 11) is 0. The van der Waals surface area contributed by atoms with E-state index in [4.69, 9.17) is 11.6 Å². The van der Waals surface area contributed by atoms with Crippen molar-refractivity contribution in [3.63, 3.8) is 0 Å². The number of nitrogens with zero attached hydrogens (tertiary/aromatic N) is 1. The van der Waals surface area contributed by atoms with Gasteiger partial charge in [-0.25, -0.2) is 0 Å². The molecule has 0 spiro atoms. The molecule has 0 fully saturated rings. The van der Waals surface area contributed by atoms with Crippen molar-refractivity contribution in [3.05, 3.63) is 28.8 Å². The van der Waals surface area contributed by atoms with E-state index >= 15 is 0 Å². The topological polar surface area (TPSA) is 20.3 Å². The Balaban J connectivity index is 2.41. The Morgan fingerprint density at radius 3 is 3.00 bits per heavy atom. The van der Waals surface area contributed by atoms with Crippen molar-refractivity contribution >= 4 is 23.1 Å². The first-order chi connectivity index (χ1) is 7.22. The SMILES string of the molecule is CCCN1CCC(=O)c2cc(Cl)ccc21. The summed E-state index contributed by atoms with van der Waals surface area (Å²) in [4.78, 5) is 14.0. The van der Waals surface area contributed by atoms with E-state index in [1.54, 1.807) is 6.07 Å². The summed E-state index contributed by atoms with van der Waals surface area (Å²) < 4.78 is 0. The molecule has 0 saturated carbocycles. The lowest BCUT2D eigenvalue weighted by Gasteiger charge is -2.30. The van der Waals surface area contributed by atoms with E-state index < -0.39 is 0 Å². The van der Waals surface area contributed by atoms with Gasteiger partial charge in [-0.3, -0.25) is 4.79 Å². The highest BCUT2D eigenvalue weighted by Gasteiger charge is 2.22. The summed E-state index contributed by atoms with van der Waals surface area (Å²) in [6.07, 6.45) is 1.70.